The first-order chi connectivity index (χ1) is 14.7. The molecule has 2 aromatic rings. The summed E-state index contributed by atoms with van der Waals surface area (Å²) in [6.07, 6.45) is 7.25. The average Bonchev–Trinajstić information content (AvgIpc) is 3.23. The van der Waals surface area contributed by atoms with E-state index in [0.717, 1.165) is 57.7 Å². The maximum atomic E-state index is 13.3. The van der Waals surface area contributed by atoms with Crippen molar-refractivity contribution in [1.82, 2.24) is 14.8 Å². The predicted molar refractivity (Wildman–Crippen MR) is 117 cm³/mol. The highest BCUT2D eigenvalue weighted by molar-refractivity contribution is 5.99. The van der Waals surface area contributed by atoms with Gasteiger partial charge < -0.3 is 9.80 Å². The largest absolute Gasteiger partial charge is 0.337 e. The van der Waals surface area contributed by atoms with Gasteiger partial charge in [-0.15, -0.1) is 0 Å². The van der Waals surface area contributed by atoms with Crippen LogP contribution in [-0.4, -0.2) is 58.8 Å². The summed E-state index contributed by atoms with van der Waals surface area (Å²) in [5.74, 6) is 0.209. The molecular formula is C24H30N4O2. The normalized spacial score (nSPS) is 19.5. The summed E-state index contributed by atoms with van der Waals surface area (Å²) in [5, 5.41) is 0. The molecule has 1 atom stereocenters. The van der Waals surface area contributed by atoms with E-state index in [2.05, 4.69) is 28.9 Å². The first kappa shape index (κ1) is 20.5. The number of pyridine rings is 1. The second-order valence-electron chi connectivity index (χ2n) is 8.17. The molecule has 0 aliphatic carbocycles. The molecule has 2 amide bonds. The molecule has 2 fully saturated rings. The molecule has 0 saturated carbocycles. The fourth-order valence-corrected chi connectivity index (χ4v) is 4.57. The Morgan fingerprint density at radius 3 is 2.73 bits per heavy atom. The summed E-state index contributed by atoms with van der Waals surface area (Å²) in [5.41, 5.74) is 2.76. The SMILES string of the molecule is CCN(Cc1ccncc1)[C@H]1CCCN(C(=O)c2cccc(N3CCCC3=O)c2)C1. The number of amides is 2. The Bertz CT molecular complexity index is 886. The van der Waals surface area contributed by atoms with Crippen LogP contribution in [-0.2, 0) is 11.3 Å². The minimum atomic E-state index is 0.0631. The fraction of sp³-hybridized carbons (Fsp3) is 0.458. The van der Waals surface area contributed by atoms with Crippen molar-refractivity contribution in [2.24, 2.45) is 0 Å². The van der Waals surface area contributed by atoms with Crippen molar-refractivity contribution in [3.05, 3.63) is 59.9 Å². The molecule has 6 nitrogen and oxygen atoms in total. The van der Waals surface area contributed by atoms with Crippen LogP contribution < -0.4 is 4.90 Å². The molecule has 0 spiro atoms. The Morgan fingerprint density at radius 1 is 1.17 bits per heavy atom. The molecule has 0 N–H and O–H groups in total. The molecule has 0 bridgehead atoms. The number of carbonyl (C=O) groups is 2. The molecule has 0 unspecified atom stereocenters. The maximum Gasteiger partial charge on any atom is 0.253 e. The molecule has 2 aliphatic rings. The highest BCUT2D eigenvalue weighted by Gasteiger charge is 2.29. The minimum Gasteiger partial charge on any atom is -0.337 e. The number of hydrogen-bond acceptors (Lipinski definition) is 4. The van der Waals surface area contributed by atoms with Gasteiger partial charge in [0.2, 0.25) is 5.91 Å². The van der Waals surface area contributed by atoms with Crippen molar-refractivity contribution in [2.45, 2.75) is 45.2 Å². The third-order valence-electron chi connectivity index (χ3n) is 6.22. The Labute approximate surface area is 178 Å². The Kier molecular flexibility index (Phi) is 6.43. The van der Waals surface area contributed by atoms with E-state index in [0.29, 0.717) is 18.0 Å². The first-order valence-corrected chi connectivity index (χ1v) is 11.0. The molecule has 2 saturated heterocycles. The van der Waals surface area contributed by atoms with Crippen molar-refractivity contribution in [1.29, 1.82) is 0 Å². The fourth-order valence-electron chi connectivity index (χ4n) is 4.57. The van der Waals surface area contributed by atoms with Gasteiger partial charge >= 0.3 is 0 Å². The second kappa shape index (κ2) is 9.39. The van der Waals surface area contributed by atoms with Crippen molar-refractivity contribution in [3.63, 3.8) is 0 Å². The van der Waals surface area contributed by atoms with Gasteiger partial charge in [0.1, 0.15) is 0 Å². The van der Waals surface area contributed by atoms with Gasteiger partial charge in [-0.05, 0) is 61.7 Å². The molecule has 4 rings (SSSR count). The number of anilines is 1. The van der Waals surface area contributed by atoms with Crippen molar-refractivity contribution >= 4 is 17.5 Å². The van der Waals surface area contributed by atoms with Gasteiger partial charge in [0.25, 0.3) is 5.91 Å². The van der Waals surface area contributed by atoms with Gasteiger partial charge in [-0.3, -0.25) is 19.5 Å². The number of benzene rings is 1. The summed E-state index contributed by atoms with van der Waals surface area (Å²) < 4.78 is 0. The third-order valence-corrected chi connectivity index (χ3v) is 6.22. The predicted octanol–water partition coefficient (Wildman–Crippen LogP) is 3.34. The lowest BCUT2D eigenvalue weighted by Crippen LogP contribution is -2.49. The van der Waals surface area contributed by atoms with Gasteiger partial charge in [0, 0.05) is 62.3 Å². The quantitative estimate of drug-likeness (QED) is 0.738. The number of rotatable bonds is 6. The summed E-state index contributed by atoms with van der Waals surface area (Å²) >= 11 is 0. The molecule has 0 radical (unpaired) electrons. The lowest BCUT2D eigenvalue weighted by Gasteiger charge is -2.39. The topological polar surface area (TPSA) is 56.8 Å². The number of carbonyl (C=O) groups excluding carboxylic acids is 2. The Balaban J connectivity index is 1.45. The minimum absolute atomic E-state index is 0.0631. The maximum absolute atomic E-state index is 13.3. The second-order valence-corrected chi connectivity index (χ2v) is 8.17. The van der Waals surface area contributed by atoms with Crippen LogP contribution in [0.25, 0.3) is 0 Å². The Morgan fingerprint density at radius 2 is 2.00 bits per heavy atom. The number of piperidine rings is 1. The van der Waals surface area contributed by atoms with Crippen LogP contribution >= 0.6 is 0 Å². The molecule has 2 aliphatic heterocycles. The van der Waals surface area contributed by atoms with Crippen LogP contribution in [0.15, 0.2) is 48.8 Å². The van der Waals surface area contributed by atoms with Gasteiger partial charge in [0.15, 0.2) is 0 Å². The molecule has 3 heterocycles. The van der Waals surface area contributed by atoms with Crippen molar-refractivity contribution in [2.75, 3.05) is 31.1 Å². The van der Waals surface area contributed by atoms with E-state index in [1.165, 1.54) is 5.56 Å². The number of nitrogens with zero attached hydrogens (tertiary/aromatic N) is 4. The molecule has 6 heteroatoms. The number of hydrogen-bond donors (Lipinski definition) is 0. The highest BCUT2D eigenvalue weighted by atomic mass is 16.2. The smallest absolute Gasteiger partial charge is 0.253 e. The summed E-state index contributed by atoms with van der Waals surface area (Å²) in [4.78, 5) is 35.7. The van der Waals surface area contributed by atoms with E-state index in [9.17, 15) is 9.59 Å². The zero-order chi connectivity index (χ0) is 20.9. The van der Waals surface area contributed by atoms with Crippen LogP contribution in [0.2, 0.25) is 0 Å². The van der Waals surface area contributed by atoms with Crippen molar-refractivity contribution in [3.8, 4) is 0 Å². The zero-order valence-corrected chi connectivity index (χ0v) is 17.7. The van der Waals surface area contributed by atoms with E-state index in [4.69, 9.17) is 0 Å². The van der Waals surface area contributed by atoms with Crippen LogP contribution in [0.4, 0.5) is 5.69 Å². The molecular weight excluding hydrogens is 376 g/mol. The van der Waals surface area contributed by atoms with E-state index >= 15 is 0 Å². The van der Waals surface area contributed by atoms with E-state index < -0.39 is 0 Å². The molecule has 30 heavy (non-hydrogen) atoms. The van der Waals surface area contributed by atoms with Crippen LogP contribution in [0.1, 0.15) is 48.5 Å². The van der Waals surface area contributed by atoms with Crippen LogP contribution in [0.3, 0.4) is 0 Å². The standard InChI is InChI=1S/C24H30N4O2/c1-2-26(17-19-10-12-25-13-11-19)22-8-4-14-27(18-22)24(30)20-6-3-7-21(16-20)28-15-5-9-23(28)29/h3,6-7,10-13,16,22H,2,4-5,8-9,14-15,17-18H2,1H3/t22-/m0/s1. The number of likely N-dealkylation sites (N-methyl/N-ethyl adjacent to an activating group) is 1. The van der Waals surface area contributed by atoms with E-state index in [-0.39, 0.29) is 11.8 Å². The van der Waals surface area contributed by atoms with Gasteiger partial charge in [-0.2, -0.15) is 0 Å². The van der Waals surface area contributed by atoms with Crippen molar-refractivity contribution < 1.29 is 9.59 Å². The summed E-state index contributed by atoms with van der Waals surface area (Å²) in [6.45, 7) is 6.26. The number of aromatic nitrogens is 1. The molecule has 158 valence electrons. The monoisotopic (exact) mass is 406 g/mol. The van der Waals surface area contributed by atoms with Crippen LogP contribution in [0, 0.1) is 0 Å². The summed E-state index contributed by atoms with van der Waals surface area (Å²) in [7, 11) is 0. The average molecular weight is 407 g/mol. The van der Waals surface area contributed by atoms with E-state index in [1.807, 2.05) is 41.6 Å². The van der Waals surface area contributed by atoms with E-state index in [1.54, 1.807) is 4.90 Å². The molecule has 1 aromatic heterocycles. The highest BCUT2D eigenvalue weighted by Crippen LogP contribution is 2.24. The van der Waals surface area contributed by atoms with Gasteiger partial charge in [0.05, 0.1) is 0 Å². The lowest BCUT2D eigenvalue weighted by molar-refractivity contribution is -0.117. The molecule has 1 aromatic carbocycles. The van der Waals surface area contributed by atoms with Gasteiger partial charge in [-0.1, -0.05) is 13.0 Å². The lowest BCUT2D eigenvalue weighted by atomic mass is 10.0. The Hall–Kier alpha value is -2.73. The first-order valence-electron chi connectivity index (χ1n) is 11.0. The zero-order valence-electron chi connectivity index (χ0n) is 17.7. The summed E-state index contributed by atoms with van der Waals surface area (Å²) in [6, 6.07) is 12.0. The van der Waals surface area contributed by atoms with Crippen LogP contribution in [0.5, 0.6) is 0 Å². The number of likely N-dealkylation sites (tertiary alicyclic amines) is 1. The van der Waals surface area contributed by atoms with Gasteiger partial charge in [-0.25, -0.2) is 0 Å². The third kappa shape index (κ3) is 4.54.